The van der Waals surface area contributed by atoms with Crippen LogP contribution >= 0.6 is 0 Å². The van der Waals surface area contributed by atoms with E-state index in [-0.39, 0.29) is 23.2 Å². The summed E-state index contributed by atoms with van der Waals surface area (Å²) in [6.45, 7) is 2.12. The van der Waals surface area contributed by atoms with Gasteiger partial charge in [-0.3, -0.25) is 0 Å². The third-order valence-electron chi connectivity index (χ3n) is 3.43. The van der Waals surface area contributed by atoms with Gasteiger partial charge in [0.05, 0.1) is 12.7 Å². The first-order valence-electron chi connectivity index (χ1n) is 6.05. The zero-order valence-electron chi connectivity index (χ0n) is 10.3. The normalized spacial score (nSPS) is 24.0. The van der Waals surface area contributed by atoms with Gasteiger partial charge in [-0.25, -0.2) is 13.5 Å². The largest absolute Gasteiger partial charge is 0.391 e. The van der Waals surface area contributed by atoms with Gasteiger partial charge in [-0.15, -0.1) is 5.10 Å². The van der Waals surface area contributed by atoms with Crippen molar-refractivity contribution < 1.29 is 18.6 Å². The van der Waals surface area contributed by atoms with Gasteiger partial charge in [-0.2, -0.15) is 0 Å². The molecule has 0 saturated carbocycles. The third-order valence-corrected chi connectivity index (χ3v) is 3.43. The quantitative estimate of drug-likeness (QED) is 0.848. The van der Waals surface area contributed by atoms with E-state index < -0.39 is 23.8 Å². The van der Waals surface area contributed by atoms with Crippen LogP contribution in [0.15, 0.2) is 6.07 Å². The van der Waals surface area contributed by atoms with Crippen molar-refractivity contribution in [1.82, 2.24) is 15.0 Å². The molecular formula is C12H13F2N3O2. The summed E-state index contributed by atoms with van der Waals surface area (Å²) >= 11 is 0. The summed E-state index contributed by atoms with van der Waals surface area (Å²) in [4.78, 5) is 0. The van der Waals surface area contributed by atoms with Crippen LogP contribution in [-0.4, -0.2) is 39.4 Å². The number of ether oxygens (including phenoxy) is 1. The summed E-state index contributed by atoms with van der Waals surface area (Å²) in [6, 6.07) is 0.892. The molecule has 1 fully saturated rings. The second-order valence-corrected chi connectivity index (χ2v) is 4.72. The van der Waals surface area contributed by atoms with Crippen LogP contribution in [0.5, 0.6) is 0 Å². The maximum absolute atomic E-state index is 14.0. The van der Waals surface area contributed by atoms with Crippen molar-refractivity contribution in [3.05, 3.63) is 23.3 Å². The van der Waals surface area contributed by atoms with E-state index >= 15 is 0 Å². The lowest BCUT2D eigenvalue weighted by molar-refractivity contribution is -0.0322. The number of halogens is 2. The van der Waals surface area contributed by atoms with Gasteiger partial charge >= 0.3 is 0 Å². The number of hydrogen-bond donors (Lipinski definition) is 1. The molecule has 0 aliphatic carbocycles. The number of hydrogen-bond acceptors (Lipinski definition) is 4. The van der Waals surface area contributed by atoms with Crippen LogP contribution in [0.4, 0.5) is 8.78 Å². The van der Waals surface area contributed by atoms with E-state index in [4.69, 9.17) is 4.74 Å². The molecule has 1 aliphatic heterocycles. The van der Waals surface area contributed by atoms with Crippen molar-refractivity contribution in [2.45, 2.75) is 25.5 Å². The zero-order chi connectivity index (χ0) is 13.6. The summed E-state index contributed by atoms with van der Waals surface area (Å²) in [6.07, 6.45) is -0.274. The van der Waals surface area contributed by atoms with Gasteiger partial charge in [-0.05, 0) is 25.0 Å². The molecule has 5 nitrogen and oxygen atoms in total. The minimum absolute atomic E-state index is 0.0300. The minimum atomic E-state index is -0.988. The topological polar surface area (TPSA) is 60.2 Å². The van der Waals surface area contributed by atoms with Crippen LogP contribution in [0.2, 0.25) is 0 Å². The van der Waals surface area contributed by atoms with Gasteiger partial charge in [0, 0.05) is 6.61 Å². The molecule has 19 heavy (non-hydrogen) atoms. The molecule has 2 heterocycles. The molecule has 2 unspecified atom stereocenters. The van der Waals surface area contributed by atoms with Crippen molar-refractivity contribution >= 4 is 11.0 Å². The molecule has 1 saturated heterocycles. The molecule has 1 aromatic heterocycles. The van der Waals surface area contributed by atoms with Gasteiger partial charge in [0.1, 0.15) is 17.1 Å². The molecule has 2 aromatic rings. The fraction of sp³-hybridized carbons (Fsp3) is 0.500. The number of fused-ring (bicyclic) bond motifs is 1. The van der Waals surface area contributed by atoms with Crippen molar-refractivity contribution in [3.8, 4) is 0 Å². The number of aromatic nitrogens is 3. The molecule has 0 radical (unpaired) electrons. The maximum atomic E-state index is 14.0. The average molecular weight is 269 g/mol. The van der Waals surface area contributed by atoms with E-state index in [1.807, 2.05) is 0 Å². The second-order valence-electron chi connectivity index (χ2n) is 4.72. The van der Waals surface area contributed by atoms with E-state index in [1.54, 1.807) is 0 Å². The third kappa shape index (κ3) is 1.89. The first-order chi connectivity index (χ1) is 9.09. The van der Waals surface area contributed by atoms with Crippen LogP contribution in [0.3, 0.4) is 0 Å². The number of nitrogens with zero attached hydrogens (tertiary/aromatic N) is 3. The Morgan fingerprint density at radius 1 is 1.42 bits per heavy atom. The molecular weight excluding hydrogens is 256 g/mol. The van der Waals surface area contributed by atoms with Gasteiger partial charge in [0.15, 0.2) is 11.6 Å². The Bertz CT molecular complexity index is 629. The van der Waals surface area contributed by atoms with E-state index in [1.165, 1.54) is 17.7 Å². The first-order valence-corrected chi connectivity index (χ1v) is 6.05. The van der Waals surface area contributed by atoms with Crippen LogP contribution in [0.1, 0.15) is 18.0 Å². The molecule has 0 bridgehead atoms. The summed E-state index contributed by atoms with van der Waals surface area (Å²) < 4.78 is 34.2. The average Bonchev–Trinajstić information content (AvgIpc) is 2.80. The van der Waals surface area contributed by atoms with Gasteiger partial charge in [0.2, 0.25) is 0 Å². The smallest absolute Gasteiger partial charge is 0.186 e. The molecule has 7 heteroatoms. The van der Waals surface area contributed by atoms with Crippen molar-refractivity contribution in [2.24, 2.45) is 0 Å². The predicted octanol–water partition coefficient (Wildman–Crippen LogP) is 1.34. The molecule has 3 rings (SSSR count). The zero-order valence-corrected chi connectivity index (χ0v) is 10.3. The fourth-order valence-corrected chi connectivity index (χ4v) is 2.34. The summed E-state index contributed by atoms with van der Waals surface area (Å²) in [5.74, 6) is -1.90. The van der Waals surface area contributed by atoms with E-state index in [0.717, 1.165) is 0 Å². The van der Waals surface area contributed by atoms with E-state index in [2.05, 4.69) is 10.3 Å². The second kappa shape index (κ2) is 4.50. The Morgan fingerprint density at radius 3 is 2.95 bits per heavy atom. The summed E-state index contributed by atoms with van der Waals surface area (Å²) in [5, 5.41) is 17.6. The highest BCUT2D eigenvalue weighted by atomic mass is 19.2. The van der Waals surface area contributed by atoms with E-state index in [9.17, 15) is 13.9 Å². The lowest BCUT2D eigenvalue weighted by Gasteiger charge is -2.27. The molecule has 102 valence electrons. The highest BCUT2D eigenvalue weighted by Crippen LogP contribution is 2.27. The number of aliphatic hydroxyl groups excluding tert-OH is 1. The Labute approximate surface area is 107 Å². The summed E-state index contributed by atoms with van der Waals surface area (Å²) in [7, 11) is 0. The Hall–Kier alpha value is -1.60. The van der Waals surface area contributed by atoms with Crippen LogP contribution in [-0.2, 0) is 4.74 Å². The predicted molar refractivity (Wildman–Crippen MR) is 62.7 cm³/mol. The van der Waals surface area contributed by atoms with Gasteiger partial charge < -0.3 is 9.84 Å². The van der Waals surface area contributed by atoms with Crippen LogP contribution in [0.25, 0.3) is 11.0 Å². The standard InChI is InChI=1S/C12H13F2N3O2/c1-6-4-7-12(11(14)10(6)13)17(16-15-7)8-5-19-3-2-9(8)18/h4,8-9,18H,2-3,5H2,1H3. The molecule has 1 N–H and O–H groups in total. The van der Waals surface area contributed by atoms with Gasteiger partial charge in [-0.1, -0.05) is 5.21 Å². The van der Waals surface area contributed by atoms with Gasteiger partial charge in [0.25, 0.3) is 0 Å². The highest BCUT2D eigenvalue weighted by Gasteiger charge is 2.29. The lowest BCUT2D eigenvalue weighted by Crippen LogP contribution is -2.34. The molecule has 1 aliphatic rings. The molecule has 1 aromatic carbocycles. The number of rotatable bonds is 1. The lowest BCUT2D eigenvalue weighted by atomic mass is 10.1. The van der Waals surface area contributed by atoms with Crippen LogP contribution < -0.4 is 0 Å². The summed E-state index contributed by atoms with van der Waals surface area (Å²) in [5.41, 5.74) is 0.421. The monoisotopic (exact) mass is 269 g/mol. The number of benzene rings is 1. The Morgan fingerprint density at radius 2 is 2.21 bits per heavy atom. The first kappa shape index (κ1) is 12.4. The van der Waals surface area contributed by atoms with Crippen molar-refractivity contribution in [1.29, 1.82) is 0 Å². The van der Waals surface area contributed by atoms with E-state index in [0.29, 0.717) is 13.0 Å². The minimum Gasteiger partial charge on any atom is -0.391 e. The van der Waals surface area contributed by atoms with Crippen molar-refractivity contribution in [3.63, 3.8) is 0 Å². The molecule has 2 atom stereocenters. The highest BCUT2D eigenvalue weighted by molar-refractivity contribution is 5.76. The number of aliphatic hydroxyl groups is 1. The number of aryl methyl sites for hydroxylation is 1. The Kier molecular flexibility index (Phi) is 2.94. The molecule has 0 spiro atoms. The van der Waals surface area contributed by atoms with Crippen LogP contribution in [0, 0.1) is 18.6 Å². The fourth-order valence-electron chi connectivity index (χ4n) is 2.34. The maximum Gasteiger partial charge on any atom is 0.186 e. The molecule has 0 amide bonds. The van der Waals surface area contributed by atoms with Crippen molar-refractivity contribution in [2.75, 3.05) is 13.2 Å². The SMILES string of the molecule is Cc1cc2nnn(C3COCCC3O)c2c(F)c1F. The Balaban J connectivity index is 2.17.